The Morgan fingerprint density at radius 1 is 1.23 bits per heavy atom. The number of pyridine rings is 1. The Bertz CT molecular complexity index is 627. The van der Waals surface area contributed by atoms with Crippen molar-refractivity contribution in [2.75, 3.05) is 30.9 Å². The van der Waals surface area contributed by atoms with Crippen LogP contribution < -0.4 is 10.6 Å². The molecule has 0 radical (unpaired) electrons. The molecule has 1 heterocycles. The second-order valence-electron chi connectivity index (χ2n) is 4.40. The Morgan fingerprint density at radius 3 is 2.55 bits per heavy atom. The molecule has 7 heteroatoms. The normalized spacial score (nSPS) is 10.3. The second-order valence-corrected chi connectivity index (χ2v) is 5.22. The van der Waals surface area contributed by atoms with E-state index >= 15 is 0 Å². The zero-order valence-corrected chi connectivity index (χ0v) is 13.4. The Kier molecular flexibility index (Phi) is 6.00. The van der Waals surface area contributed by atoms with Gasteiger partial charge in [-0.2, -0.15) is 0 Å². The Balaban J connectivity index is 2.04. The van der Waals surface area contributed by atoms with Gasteiger partial charge in [-0.25, -0.2) is 4.98 Å². The van der Waals surface area contributed by atoms with Gasteiger partial charge in [0.1, 0.15) is 5.69 Å². The Hall–Kier alpha value is -1.82. The number of nitrogens with one attached hydrogen (secondary N) is 2. The van der Waals surface area contributed by atoms with Crippen molar-refractivity contribution in [1.82, 2.24) is 4.98 Å². The van der Waals surface area contributed by atoms with Crippen molar-refractivity contribution in [3.8, 4) is 0 Å². The quantitative estimate of drug-likeness (QED) is 0.787. The predicted octanol–water partition coefficient (Wildman–Crippen LogP) is 3.70. The van der Waals surface area contributed by atoms with E-state index in [9.17, 15) is 4.79 Å². The molecule has 5 nitrogen and oxygen atoms in total. The van der Waals surface area contributed by atoms with Gasteiger partial charge in [-0.15, -0.1) is 0 Å². The van der Waals surface area contributed by atoms with Crippen LogP contribution in [0.5, 0.6) is 0 Å². The van der Waals surface area contributed by atoms with Gasteiger partial charge in [-0.05, 0) is 24.3 Å². The van der Waals surface area contributed by atoms with E-state index < -0.39 is 0 Å². The molecule has 0 saturated carbocycles. The summed E-state index contributed by atoms with van der Waals surface area (Å²) in [5, 5.41) is 6.53. The van der Waals surface area contributed by atoms with E-state index in [0.29, 0.717) is 28.9 Å². The topological polar surface area (TPSA) is 63.2 Å². The number of para-hydroxylation sites is 1. The molecule has 116 valence electrons. The van der Waals surface area contributed by atoms with Gasteiger partial charge in [0.05, 0.1) is 34.2 Å². The second kappa shape index (κ2) is 7.98. The van der Waals surface area contributed by atoms with Gasteiger partial charge in [0.2, 0.25) is 0 Å². The SMILES string of the molecule is COCCNc1ccc(C(=O)Nc2c(Cl)cccc2Cl)nc1. The van der Waals surface area contributed by atoms with Gasteiger partial charge < -0.3 is 15.4 Å². The predicted molar refractivity (Wildman–Crippen MR) is 89.0 cm³/mol. The first-order valence-corrected chi connectivity index (χ1v) is 7.31. The molecule has 0 saturated heterocycles. The fourth-order valence-electron chi connectivity index (χ4n) is 1.72. The number of hydrogen-bond acceptors (Lipinski definition) is 4. The lowest BCUT2D eigenvalue weighted by molar-refractivity contribution is 0.102. The number of benzene rings is 1. The molecule has 0 spiro atoms. The van der Waals surface area contributed by atoms with E-state index in [4.69, 9.17) is 27.9 Å². The van der Waals surface area contributed by atoms with Crippen LogP contribution in [0.15, 0.2) is 36.5 Å². The highest BCUT2D eigenvalue weighted by Gasteiger charge is 2.12. The van der Waals surface area contributed by atoms with E-state index in [1.165, 1.54) is 0 Å². The molecule has 1 aromatic heterocycles. The number of ether oxygens (including phenoxy) is 1. The summed E-state index contributed by atoms with van der Waals surface area (Å²) in [6, 6.07) is 8.40. The highest BCUT2D eigenvalue weighted by Crippen LogP contribution is 2.30. The minimum Gasteiger partial charge on any atom is -0.383 e. The fourth-order valence-corrected chi connectivity index (χ4v) is 2.22. The van der Waals surface area contributed by atoms with Crippen molar-refractivity contribution in [1.29, 1.82) is 0 Å². The van der Waals surface area contributed by atoms with Gasteiger partial charge in [0.15, 0.2) is 0 Å². The summed E-state index contributed by atoms with van der Waals surface area (Å²) >= 11 is 12.0. The van der Waals surface area contributed by atoms with Gasteiger partial charge in [0, 0.05) is 13.7 Å². The number of methoxy groups -OCH3 is 1. The molecule has 0 fully saturated rings. The summed E-state index contributed by atoms with van der Waals surface area (Å²) in [6.45, 7) is 1.26. The number of carbonyl (C=O) groups excluding carboxylic acids is 1. The van der Waals surface area contributed by atoms with Crippen LogP contribution in [-0.4, -0.2) is 31.2 Å². The number of hydrogen-bond donors (Lipinski definition) is 2. The van der Waals surface area contributed by atoms with Crippen LogP contribution in [0.25, 0.3) is 0 Å². The average Bonchev–Trinajstić information content (AvgIpc) is 2.52. The van der Waals surface area contributed by atoms with Crippen molar-refractivity contribution in [3.05, 3.63) is 52.3 Å². The summed E-state index contributed by atoms with van der Waals surface area (Å²) < 4.78 is 4.94. The van der Waals surface area contributed by atoms with Crippen molar-refractivity contribution in [2.45, 2.75) is 0 Å². The largest absolute Gasteiger partial charge is 0.383 e. The first-order valence-electron chi connectivity index (χ1n) is 6.56. The minimum atomic E-state index is -0.376. The van der Waals surface area contributed by atoms with Gasteiger partial charge in [-0.3, -0.25) is 4.79 Å². The van der Waals surface area contributed by atoms with Crippen LogP contribution in [0.2, 0.25) is 10.0 Å². The smallest absolute Gasteiger partial charge is 0.274 e. The van der Waals surface area contributed by atoms with E-state index in [0.717, 1.165) is 5.69 Å². The molecule has 1 aromatic carbocycles. The van der Waals surface area contributed by atoms with Gasteiger partial charge >= 0.3 is 0 Å². The van der Waals surface area contributed by atoms with Crippen molar-refractivity contribution in [3.63, 3.8) is 0 Å². The first-order chi connectivity index (χ1) is 10.6. The maximum Gasteiger partial charge on any atom is 0.274 e. The zero-order chi connectivity index (χ0) is 15.9. The molecule has 0 atom stereocenters. The van der Waals surface area contributed by atoms with E-state index in [1.807, 2.05) is 0 Å². The molecule has 0 aliphatic rings. The molecule has 0 bridgehead atoms. The van der Waals surface area contributed by atoms with Crippen molar-refractivity contribution < 1.29 is 9.53 Å². The van der Waals surface area contributed by atoms with Crippen LogP contribution >= 0.6 is 23.2 Å². The van der Waals surface area contributed by atoms with Crippen LogP contribution in [0.1, 0.15) is 10.5 Å². The van der Waals surface area contributed by atoms with Crippen molar-refractivity contribution >= 4 is 40.5 Å². The maximum atomic E-state index is 12.2. The summed E-state index contributed by atoms with van der Waals surface area (Å²) in [5.74, 6) is -0.376. The molecule has 0 aliphatic heterocycles. The minimum absolute atomic E-state index is 0.272. The van der Waals surface area contributed by atoms with E-state index in [1.54, 1.807) is 43.6 Å². The summed E-state index contributed by atoms with van der Waals surface area (Å²) in [6.07, 6.45) is 1.58. The van der Waals surface area contributed by atoms with Crippen LogP contribution in [0.3, 0.4) is 0 Å². The molecular weight excluding hydrogens is 325 g/mol. The number of nitrogens with zero attached hydrogens (tertiary/aromatic N) is 1. The lowest BCUT2D eigenvalue weighted by Gasteiger charge is -2.09. The van der Waals surface area contributed by atoms with Gasteiger partial charge in [0.25, 0.3) is 5.91 Å². The number of halogens is 2. The molecule has 1 amide bonds. The molecule has 0 aliphatic carbocycles. The fraction of sp³-hybridized carbons (Fsp3) is 0.200. The Labute approximate surface area is 138 Å². The molecule has 22 heavy (non-hydrogen) atoms. The van der Waals surface area contributed by atoms with Crippen molar-refractivity contribution in [2.24, 2.45) is 0 Å². The molecule has 2 rings (SSSR count). The lowest BCUT2D eigenvalue weighted by atomic mass is 10.2. The molecule has 2 N–H and O–H groups in total. The van der Waals surface area contributed by atoms with Crippen LogP contribution in [0.4, 0.5) is 11.4 Å². The third kappa shape index (κ3) is 4.34. The number of carbonyl (C=O) groups is 1. The number of amides is 1. The third-order valence-electron chi connectivity index (χ3n) is 2.83. The summed E-state index contributed by atoms with van der Waals surface area (Å²) in [7, 11) is 1.63. The molecule has 2 aromatic rings. The highest BCUT2D eigenvalue weighted by atomic mass is 35.5. The third-order valence-corrected chi connectivity index (χ3v) is 3.46. The summed E-state index contributed by atoms with van der Waals surface area (Å²) in [5.41, 5.74) is 1.46. The maximum absolute atomic E-state index is 12.2. The number of aromatic nitrogens is 1. The first kappa shape index (κ1) is 16.5. The average molecular weight is 340 g/mol. The monoisotopic (exact) mass is 339 g/mol. The highest BCUT2D eigenvalue weighted by molar-refractivity contribution is 6.39. The zero-order valence-electron chi connectivity index (χ0n) is 11.9. The standard InChI is InChI=1S/C15H15Cl2N3O2/c1-22-8-7-18-10-5-6-13(19-9-10)15(21)20-14-11(16)3-2-4-12(14)17/h2-6,9,18H,7-8H2,1H3,(H,20,21). The van der Waals surface area contributed by atoms with Gasteiger partial charge in [-0.1, -0.05) is 29.3 Å². The molecular formula is C15H15Cl2N3O2. The van der Waals surface area contributed by atoms with E-state index in [2.05, 4.69) is 15.6 Å². The van der Waals surface area contributed by atoms with Crippen LogP contribution in [-0.2, 0) is 4.74 Å². The Morgan fingerprint density at radius 2 is 1.95 bits per heavy atom. The number of rotatable bonds is 6. The summed E-state index contributed by atoms with van der Waals surface area (Å²) in [4.78, 5) is 16.3. The number of anilines is 2. The molecule has 0 unspecified atom stereocenters. The lowest BCUT2D eigenvalue weighted by Crippen LogP contribution is -2.14. The van der Waals surface area contributed by atoms with E-state index in [-0.39, 0.29) is 11.6 Å². The van der Waals surface area contributed by atoms with Crippen LogP contribution in [0, 0.1) is 0 Å².